The third-order valence-corrected chi connectivity index (χ3v) is 18.7. The number of nitrogens with two attached hydrogens (primary N) is 1. The maximum atomic E-state index is 13.0. The molecule has 11 rings (SSSR count). The molecule has 0 aliphatic carbocycles. The van der Waals surface area contributed by atoms with Crippen LogP contribution in [0.3, 0.4) is 0 Å². The van der Waals surface area contributed by atoms with Crippen molar-refractivity contribution in [3.63, 3.8) is 0 Å². The van der Waals surface area contributed by atoms with Gasteiger partial charge in [0.2, 0.25) is 0 Å². The second-order valence-electron chi connectivity index (χ2n) is 26.3. The van der Waals surface area contributed by atoms with E-state index in [1.165, 1.54) is 45.1 Å². The van der Waals surface area contributed by atoms with Crippen molar-refractivity contribution in [2.75, 3.05) is 64.6 Å². The third-order valence-electron chi connectivity index (χ3n) is 14.5. The topological polar surface area (TPSA) is 310 Å². The van der Waals surface area contributed by atoms with Crippen molar-refractivity contribution in [1.82, 2.24) is 48.9 Å². The fraction of sp³-hybridized carbons (Fsp3) is 0.275. The van der Waals surface area contributed by atoms with Gasteiger partial charge in [-0.3, -0.25) is 24.0 Å². The van der Waals surface area contributed by atoms with Crippen LogP contribution >= 0.6 is 114 Å². The molecule has 5 N–H and O–H groups in total. The van der Waals surface area contributed by atoms with E-state index < -0.39 is 26.6 Å². The first kappa shape index (κ1) is 104. The van der Waals surface area contributed by atoms with E-state index in [0.29, 0.717) is 43.6 Å². The molecule has 116 heavy (non-hydrogen) atoms. The minimum absolute atomic E-state index is 0. The molecule has 0 radical (unpaired) electrons. The van der Waals surface area contributed by atoms with E-state index in [1.807, 2.05) is 142 Å². The molecule has 1 saturated heterocycles. The first-order valence-corrected chi connectivity index (χ1v) is 45.4. The van der Waals surface area contributed by atoms with Crippen molar-refractivity contribution in [2.24, 2.45) is 0 Å². The van der Waals surface area contributed by atoms with Crippen LogP contribution in [0.25, 0.3) is 0 Å². The molecule has 0 unspecified atom stereocenters. The summed E-state index contributed by atoms with van der Waals surface area (Å²) in [6, 6.07) is 37.9. The zero-order valence-electron chi connectivity index (χ0n) is 67.4. The molecule has 0 atom stereocenters. The number of halogens is 9. The van der Waals surface area contributed by atoms with E-state index >= 15 is 0 Å². The number of nitrogens with one attached hydrogen (secondary N) is 3. The quantitative estimate of drug-likeness (QED) is 0.0155. The summed E-state index contributed by atoms with van der Waals surface area (Å²) in [5.41, 5.74) is 18.3. The van der Waals surface area contributed by atoms with Crippen LogP contribution in [0.2, 0.25) is 59.9 Å². The van der Waals surface area contributed by atoms with Gasteiger partial charge in [0.25, 0.3) is 16.7 Å². The molecule has 10 aromatic rings. The fourth-order valence-corrected chi connectivity index (χ4v) is 11.1. The van der Waals surface area contributed by atoms with E-state index in [9.17, 15) is 24.0 Å². The summed E-state index contributed by atoms with van der Waals surface area (Å²) in [7, 11) is 3.78. The number of hydrogen-bond donors (Lipinski definition) is 4. The van der Waals surface area contributed by atoms with Crippen molar-refractivity contribution in [3.05, 3.63) is 258 Å². The number of benzene rings is 4. The number of aromatic nitrogens is 9. The monoisotopic (exact) mass is 1890 g/mol. The summed E-state index contributed by atoms with van der Waals surface area (Å²) >= 11 is 39.4. The number of hydrogen-bond acceptors (Lipinski definition) is 21. The maximum Gasteiger partial charge on any atom is 1.00 e. The molecule has 1 aliphatic rings. The minimum atomic E-state index is -1.58. The Morgan fingerprint density at radius 1 is 0.560 bits per heavy atom. The van der Waals surface area contributed by atoms with E-state index in [-0.39, 0.29) is 92.3 Å². The number of aryl methyl sites for hydroxylation is 3. The first-order chi connectivity index (χ1) is 54.0. The number of nitriles is 1. The third kappa shape index (κ3) is 40.3. The zero-order chi connectivity index (χ0) is 84.7. The Bertz CT molecular complexity index is 5130. The molecule has 612 valence electrons. The largest absolute Gasteiger partial charge is 1.00 e. The van der Waals surface area contributed by atoms with Crippen molar-refractivity contribution in [2.45, 2.75) is 99.1 Å². The van der Waals surface area contributed by atoms with E-state index in [4.69, 9.17) is 87.5 Å². The van der Waals surface area contributed by atoms with Gasteiger partial charge >= 0.3 is 40.0 Å². The number of anilines is 5. The Balaban J connectivity index is 0.000000717. The van der Waals surface area contributed by atoms with E-state index in [2.05, 4.69) is 157 Å². The predicted molar refractivity (Wildman–Crippen MR) is 478 cm³/mol. The predicted octanol–water partition coefficient (Wildman–Crippen LogP) is 14.8. The Hall–Kier alpha value is -8.14. The maximum absolute atomic E-state index is 13.0. The molecule has 1 fully saturated rings. The van der Waals surface area contributed by atoms with Gasteiger partial charge in [-0.25, -0.2) is 29.9 Å². The number of carbonyl (C=O) groups is 2. The number of terminal acetylenes is 1. The summed E-state index contributed by atoms with van der Waals surface area (Å²) in [5, 5.41) is 15.5. The van der Waals surface area contributed by atoms with Crippen LogP contribution in [-0.2, 0) is 40.5 Å². The Kier molecular flexibility index (Phi) is 48.4. The second kappa shape index (κ2) is 54.0. The smallest absolute Gasteiger partial charge is 1.00 e. The van der Waals surface area contributed by atoms with Gasteiger partial charge in [0.05, 0.1) is 75.2 Å². The van der Waals surface area contributed by atoms with Crippen molar-refractivity contribution < 1.29 is 64.3 Å². The first-order valence-electron chi connectivity index (χ1n) is 34.5. The van der Waals surface area contributed by atoms with Crippen molar-refractivity contribution in [1.29, 1.82) is 5.26 Å². The van der Waals surface area contributed by atoms with E-state index in [1.54, 1.807) is 47.0 Å². The normalized spacial score (nSPS) is 10.6. The van der Waals surface area contributed by atoms with Gasteiger partial charge in [-0.15, -0.1) is 29.9 Å². The number of rotatable bonds is 18. The van der Waals surface area contributed by atoms with Gasteiger partial charge < -0.3 is 60.5 Å². The average molecular weight is 1890 g/mol. The standard InChI is InChI=1S/C23H25ClN4O2Si.C18H16BrClN4O2.C12H10Cl2N2O2.C10H12N2O.C6H7BrN2.C5H10Si.C4H8O.C2Cl2O2.ClH.Na.H/c1-16-12-18(10-11-31(3,4)5)21(25-13-16)27-22-23(29)28(15-20(24)26-22)14-17-6-8-19(30-2)9-7-17;1-11-7-14(19)16(21-8-11)23-17-18(25)24(10-15(20)22-17)9-12-3-5-13(26-2)6-4-12;1-18-9-4-2-8(3-5-9)6-16-7-10(13)15-11(14)12(16)17;1-13-10-4-2-9(3-5-10)8-12-7-6-11;1-4-2-5(7)6(8)9-3-4;1-5-6(2,3)4;1-2-4-5-3-1;3-1(5)2(4)6;;;/h6-9,12-13,15H,14H2,1-5H3,(H,25,26,27);3-8,10H,9H2,1-2H3,(H,21,22,23);2-5,7H,6H2,1H3;2-5,12H,7-8H2,1H3;2-3H,1H3,(H2,8,9);1H,2-4H3;1-4H2;;1H;;/q;;;;;;;;;+1;-1. The van der Waals surface area contributed by atoms with Crippen LogP contribution in [0.1, 0.15) is 58.8 Å². The number of pyridine rings is 3. The molecule has 24 nitrogen and oxygen atoms in total. The van der Waals surface area contributed by atoms with Crippen LogP contribution in [0.4, 0.5) is 29.1 Å². The van der Waals surface area contributed by atoms with Crippen LogP contribution < -0.4 is 86.9 Å². The molecule has 4 aromatic carbocycles. The van der Waals surface area contributed by atoms with Gasteiger partial charge in [-0.1, -0.05) is 140 Å². The van der Waals surface area contributed by atoms with Crippen LogP contribution in [-0.4, -0.2) is 118 Å². The van der Waals surface area contributed by atoms with Crippen molar-refractivity contribution in [3.8, 4) is 52.5 Å². The number of ether oxygens (including phenoxy) is 5. The zero-order valence-corrected chi connectivity index (χ0v) is 79.0. The van der Waals surface area contributed by atoms with Gasteiger partial charge in [-0.05, 0) is 194 Å². The molecule has 7 heterocycles. The molecule has 36 heteroatoms. The average Bonchev–Trinajstić information content (AvgIpc) is 1.19. The van der Waals surface area contributed by atoms with Gasteiger partial charge in [0.1, 0.15) is 72.1 Å². The van der Waals surface area contributed by atoms with E-state index in [0.717, 1.165) is 96.2 Å². The molecule has 6 aromatic heterocycles. The molecule has 0 bridgehead atoms. The SMILES string of the molecule is C#C[Si](C)(C)C.C1CCOC1.COc1ccc(CNCC#N)cc1.COc1ccc(Cn2cc(Cl)nc(Cl)c2=O)cc1.COc1ccc(Cn2cc(Cl)nc(Nc3ncc(C)cc3Br)c2=O)cc1.COc1ccc(Cn2cc(Cl)nc(Nc3ncc(C)cc3C#C[Si](C)(C)C)c2=O)cc1.Cc1cnc(N)c(Br)c1.Cl.O=C(Cl)C(=O)Cl.[H-].[Na+]. The molecular weight excluding hydrogens is 1800 g/mol. The Labute approximate surface area is 754 Å². The van der Waals surface area contributed by atoms with Gasteiger partial charge in [-0.2, -0.15) is 5.26 Å². The molecular formula is C80H90Br2Cl7N14NaO10Si2. The summed E-state index contributed by atoms with van der Waals surface area (Å²) in [6.45, 7) is 23.0. The van der Waals surface area contributed by atoms with Crippen LogP contribution in [0.5, 0.6) is 23.0 Å². The summed E-state index contributed by atoms with van der Waals surface area (Å²) in [6.07, 6.45) is 17.3. The van der Waals surface area contributed by atoms with Crippen LogP contribution in [0.15, 0.2) is 176 Å². The van der Waals surface area contributed by atoms with Gasteiger partial charge in [0, 0.05) is 56.9 Å². The second-order valence-corrected chi connectivity index (χ2v) is 39.7. The molecule has 0 amide bonds. The Morgan fingerprint density at radius 2 is 0.914 bits per heavy atom. The number of carbonyl (C=O) groups excluding carboxylic acids is 2. The molecule has 0 spiro atoms. The molecule has 0 saturated carbocycles. The summed E-state index contributed by atoms with van der Waals surface area (Å²) in [4.78, 5) is 81.0. The Morgan fingerprint density at radius 3 is 1.25 bits per heavy atom. The van der Waals surface area contributed by atoms with Crippen molar-refractivity contribution >= 4 is 170 Å². The van der Waals surface area contributed by atoms with Gasteiger partial charge in [0.15, 0.2) is 16.8 Å². The van der Waals surface area contributed by atoms with Crippen LogP contribution in [0, 0.1) is 55.5 Å². The number of nitrogens with zero attached hydrogens (tertiary/aromatic N) is 10. The summed E-state index contributed by atoms with van der Waals surface area (Å²) < 4.78 is 31.4. The number of methoxy groups -OCH3 is 4. The number of nitrogen functional groups attached to an aromatic ring is 1. The summed E-state index contributed by atoms with van der Waals surface area (Å²) in [5.74, 6) is 8.09. The minimum Gasteiger partial charge on any atom is -1.00 e. The fourth-order valence-electron chi connectivity index (χ4n) is 8.72. The molecule has 1 aliphatic heterocycles.